The molecule has 1 aromatic carbocycles. The van der Waals surface area contributed by atoms with Gasteiger partial charge in [-0.15, -0.1) is 0 Å². The highest BCUT2D eigenvalue weighted by Crippen LogP contribution is 2.26. The molecule has 2 atom stereocenters. The summed E-state index contributed by atoms with van der Waals surface area (Å²) in [5, 5.41) is 4.58. The van der Waals surface area contributed by atoms with E-state index >= 15 is 0 Å². The lowest BCUT2D eigenvalue weighted by molar-refractivity contribution is 0.101. The van der Waals surface area contributed by atoms with Crippen LogP contribution in [0, 0.1) is 0 Å². The molecule has 3 nitrogen and oxygen atoms in total. The van der Waals surface area contributed by atoms with E-state index in [4.69, 9.17) is 4.74 Å². The van der Waals surface area contributed by atoms with E-state index in [1.54, 1.807) is 7.11 Å². The maximum Gasteiger partial charge on any atom is 0.0705 e. The number of benzene rings is 1. The van der Waals surface area contributed by atoms with Crippen molar-refractivity contribution in [2.24, 2.45) is 0 Å². The Labute approximate surface area is 108 Å². The van der Waals surface area contributed by atoms with Gasteiger partial charge in [0.15, 0.2) is 0 Å². The van der Waals surface area contributed by atoms with Gasteiger partial charge in [0.05, 0.1) is 11.6 Å². The molecule has 1 N–H and O–H groups in total. The van der Waals surface area contributed by atoms with Crippen molar-refractivity contribution in [3.8, 4) is 0 Å². The number of hydrogen-bond acceptors (Lipinski definition) is 3. The van der Waals surface area contributed by atoms with E-state index in [-0.39, 0.29) is 12.1 Å². The number of hydrogen-bond donors (Lipinski definition) is 1. The first-order valence-electron chi connectivity index (χ1n) is 6.30. The average Bonchev–Trinajstić information content (AvgIpc) is 2.44. The summed E-state index contributed by atoms with van der Waals surface area (Å²) in [6.07, 6.45) is 3.01. The summed E-state index contributed by atoms with van der Waals surface area (Å²) >= 11 is 0. The molecule has 96 valence electrons. The Balaban J connectivity index is 2.38. The third-order valence-corrected chi connectivity index (χ3v) is 3.37. The summed E-state index contributed by atoms with van der Waals surface area (Å²) in [6, 6.07) is 10.7. The highest BCUT2D eigenvalue weighted by atomic mass is 16.5. The fourth-order valence-electron chi connectivity index (χ4n) is 2.26. The number of nitrogens with zero attached hydrogens (tertiary/aromatic N) is 1. The topological polar surface area (TPSA) is 34.1 Å². The van der Waals surface area contributed by atoms with E-state index in [1.165, 1.54) is 10.9 Å². The standard InChI is InChI=1S/C15H20N2O/c1-11(18-3)10-15(16-2)13-6-4-8-14-12(13)7-5-9-17-14/h4-9,11,15-16H,10H2,1-3H3. The number of rotatable bonds is 5. The minimum absolute atomic E-state index is 0.231. The van der Waals surface area contributed by atoms with Crippen molar-refractivity contribution in [3.63, 3.8) is 0 Å². The third-order valence-electron chi connectivity index (χ3n) is 3.37. The Bertz CT molecular complexity index is 507. The molecule has 0 spiro atoms. The number of nitrogens with one attached hydrogen (secondary N) is 1. The van der Waals surface area contributed by atoms with Crippen LogP contribution in [0.4, 0.5) is 0 Å². The highest BCUT2D eigenvalue weighted by molar-refractivity contribution is 5.82. The van der Waals surface area contributed by atoms with Gasteiger partial charge in [0.25, 0.3) is 0 Å². The lowest BCUT2D eigenvalue weighted by atomic mass is 9.97. The number of methoxy groups -OCH3 is 1. The molecular weight excluding hydrogens is 224 g/mol. The van der Waals surface area contributed by atoms with Crippen molar-refractivity contribution in [2.75, 3.05) is 14.2 Å². The van der Waals surface area contributed by atoms with Crippen LogP contribution in [0.15, 0.2) is 36.5 Å². The molecular formula is C15H20N2O. The van der Waals surface area contributed by atoms with E-state index in [2.05, 4.69) is 35.4 Å². The van der Waals surface area contributed by atoms with Gasteiger partial charge < -0.3 is 10.1 Å². The summed E-state index contributed by atoms with van der Waals surface area (Å²) in [4.78, 5) is 4.40. The van der Waals surface area contributed by atoms with Gasteiger partial charge in [0.1, 0.15) is 0 Å². The number of aromatic nitrogens is 1. The van der Waals surface area contributed by atoms with Gasteiger partial charge in [-0.1, -0.05) is 18.2 Å². The normalized spacial score (nSPS) is 14.6. The van der Waals surface area contributed by atoms with Crippen molar-refractivity contribution in [1.82, 2.24) is 10.3 Å². The Morgan fingerprint density at radius 2 is 2.11 bits per heavy atom. The zero-order chi connectivity index (χ0) is 13.0. The first-order chi connectivity index (χ1) is 8.76. The van der Waals surface area contributed by atoms with E-state index in [1.807, 2.05) is 25.4 Å². The van der Waals surface area contributed by atoms with Crippen LogP contribution in [-0.4, -0.2) is 25.2 Å². The van der Waals surface area contributed by atoms with Crippen LogP contribution in [0.2, 0.25) is 0 Å². The van der Waals surface area contributed by atoms with Crippen LogP contribution in [0.3, 0.4) is 0 Å². The fourth-order valence-corrected chi connectivity index (χ4v) is 2.26. The van der Waals surface area contributed by atoms with Crippen molar-refractivity contribution >= 4 is 10.9 Å². The predicted molar refractivity (Wildman–Crippen MR) is 74.6 cm³/mol. The summed E-state index contributed by atoms with van der Waals surface area (Å²) in [5.41, 5.74) is 2.33. The van der Waals surface area contributed by atoms with Gasteiger partial charge >= 0.3 is 0 Å². The molecule has 0 saturated heterocycles. The summed E-state index contributed by atoms with van der Waals surface area (Å²) in [6.45, 7) is 2.09. The minimum Gasteiger partial charge on any atom is -0.382 e. The Hall–Kier alpha value is -1.45. The van der Waals surface area contributed by atoms with Crippen LogP contribution >= 0.6 is 0 Å². The monoisotopic (exact) mass is 244 g/mol. The lowest BCUT2D eigenvalue weighted by Crippen LogP contribution is -2.22. The predicted octanol–water partition coefficient (Wildman–Crippen LogP) is 2.92. The second kappa shape index (κ2) is 5.94. The molecule has 3 heteroatoms. The highest BCUT2D eigenvalue weighted by Gasteiger charge is 2.15. The van der Waals surface area contributed by atoms with Gasteiger partial charge in [-0.25, -0.2) is 0 Å². The molecule has 1 heterocycles. The molecule has 0 aliphatic rings. The van der Waals surface area contributed by atoms with Crippen molar-refractivity contribution < 1.29 is 4.74 Å². The van der Waals surface area contributed by atoms with Crippen LogP contribution in [0.1, 0.15) is 24.9 Å². The van der Waals surface area contributed by atoms with Crippen LogP contribution in [-0.2, 0) is 4.74 Å². The average molecular weight is 244 g/mol. The van der Waals surface area contributed by atoms with Crippen molar-refractivity contribution in [1.29, 1.82) is 0 Å². The Morgan fingerprint density at radius 3 is 2.83 bits per heavy atom. The molecule has 0 fully saturated rings. The van der Waals surface area contributed by atoms with Crippen LogP contribution in [0.5, 0.6) is 0 Å². The van der Waals surface area contributed by atoms with Crippen LogP contribution < -0.4 is 5.32 Å². The molecule has 2 unspecified atom stereocenters. The second-order valence-electron chi connectivity index (χ2n) is 4.54. The molecule has 0 aliphatic carbocycles. The van der Waals surface area contributed by atoms with Gasteiger partial charge in [0.2, 0.25) is 0 Å². The van der Waals surface area contributed by atoms with Gasteiger partial charge in [-0.2, -0.15) is 0 Å². The zero-order valence-corrected chi connectivity index (χ0v) is 11.2. The first kappa shape index (κ1) is 13.0. The third kappa shape index (κ3) is 2.68. The number of ether oxygens (including phenoxy) is 1. The first-order valence-corrected chi connectivity index (χ1v) is 6.30. The smallest absolute Gasteiger partial charge is 0.0705 e. The Morgan fingerprint density at radius 1 is 1.28 bits per heavy atom. The molecule has 0 saturated carbocycles. The van der Waals surface area contributed by atoms with E-state index in [9.17, 15) is 0 Å². The van der Waals surface area contributed by atoms with Gasteiger partial charge in [-0.3, -0.25) is 4.98 Å². The minimum atomic E-state index is 0.231. The molecule has 0 radical (unpaired) electrons. The second-order valence-corrected chi connectivity index (χ2v) is 4.54. The molecule has 0 aliphatic heterocycles. The lowest BCUT2D eigenvalue weighted by Gasteiger charge is -2.21. The molecule has 0 amide bonds. The van der Waals surface area contributed by atoms with E-state index < -0.39 is 0 Å². The molecule has 18 heavy (non-hydrogen) atoms. The van der Waals surface area contributed by atoms with E-state index in [0.717, 1.165) is 11.9 Å². The number of fused-ring (bicyclic) bond motifs is 1. The zero-order valence-electron chi connectivity index (χ0n) is 11.2. The molecule has 2 rings (SSSR count). The fraction of sp³-hybridized carbons (Fsp3) is 0.400. The quantitative estimate of drug-likeness (QED) is 0.878. The summed E-state index contributed by atoms with van der Waals surface area (Å²) < 4.78 is 5.36. The van der Waals surface area contributed by atoms with Crippen molar-refractivity contribution in [3.05, 3.63) is 42.1 Å². The Kier molecular flexibility index (Phi) is 4.28. The van der Waals surface area contributed by atoms with Gasteiger partial charge in [0, 0.05) is 24.7 Å². The maximum atomic E-state index is 5.36. The largest absolute Gasteiger partial charge is 0.382 e. The van der Waals surface area contributed by atoms with Crippen LogP contribution in [0.25, 0.3) is 10.9 Å². The summed E-state index contributed by atoms with van der Waals surface area (Å²) in [5.74, 6) is 0. The molecule has 2 aromatic rings. The summed E-state index contributed by atoms with van der Waals surface area (Å²) in [7, 11) is 3.74. The SMILES string of the molecule is CNC(CC(C)OC)c1cccc2ncccc12. The van der Waals surface area contributed by atoms with Crippen molar-refractivity contribution in [2.45, 2.75) is 25.5 Å². The maximum absolute atomic E-state index is 5.36. The van der Waals surface area contributed by atoms with Gasteiger partial charge in [-0.05, 0) is 38.1 Å². The van der Waals surface area contributed by atoms with E-state index in [0.29, 0.717) is 0 Å². The number of pyridine rings is 1. The molecule has 0 bridgehead atoms. The molecule has 1 aromatic heterocycles.